The number of nitrogens with zero attached hydrogens (tertiary/aromatic N) is 3. The molecular weight excluding hydrogens is 357 g/mol. The van der Waals surface area contributed by atoms with E-state index in [1.807, 2.05) is 30.3 Å². The van der Waals surface area contributed by atoms with Crippen molar-refractivity contribution in [2.24, 2.45) is 0 Å². The minimum Gasteiger partial charge on any atom is -0.324 e. The van der Waals surface area contributed by atoms with Gasteiger partial charge < -0.3 is 4.57 Å². The summed E-state index contributed by atoms with van der Waals surface area (Å²) < 4.78 is 15.9. The fraction of sp³-hybridized carbons (Fsp3) is 0.222. The van der Waals surface area contributed by atoms with E-state index < -0.39 is 0 Å². The number of fused-ring (bicyclic) bond motifs is 4. The van der Waals surface area contributed by atoms with Gasteiger partial charge in [0, 0.05) is 17.3 Å². The van der Waals surface area contributed by atoms with Crippen LogP contribution in [0.3, 0.4) is 0 Å². The van der Waals surface area contributed by atoms with E-state index in [9.17, 15) is 4.39 Å². The van der Waals surface area contributed by atoms with Crippen LogP contribution in [-0.4, -0.2) is 19.9 Å². The molecule has 0 saturated heterocycles. The number of alkyl halides is 1. The van der Waals surface area contributed by atoms with Gasteiger partial charge in [0.15, 0.2) is 5.65 Å². The first-order chi connectivity index (χ1) is 11.3. The number of para-hydroxylation sites is 2. The molecule has 4 rings (SSSR count). The Bertz CT molecular complexity index is 1010. The third-order valence-electron chi connectivity index (χ3n) is 4.08. The summed E-state index contributed by atoms with van der Waals surface area (Å²) in [5.41, 5.74) is 4.30. The first-order valence-corrected chi connectivity index (χ1v) is 8.80. The number of aryl methyl sites for hydroxylation is 1. The predicted molar refractivity (Wildman–Crippen MR) is 95.5 cm³/mol. The van der Waals surface area contributed by atoms with Crippen molar-refractivity contribution in [3.63, 3.8) is 0 Å². The van der Waals surface area contributed by atoms with E-state index in [0.717, 1.165) is 57.8 Å². The maximum absolute atomic E-state index is 13.7. The third-order valence-corrected chi connectivity index (χ3v) is 4.64. The molecule has 4 aromatic rings. The summed E-state index contributed by atoms with van der Waals surface area (Å²) in [7, 11) is 0. The van der Waals surface area contributed by atoms with Gasteiger partial charge in [-0.05, 0) is 43.2 Å². The van der Waals surface area contributed by atoms with Crippen LogP contribution in [0.15, 0.2) is 42.5 Å². The van der Waals surface area contributed by atoms with Crippen molar-refractivity contribution in [2.75, 3.05) is 5.33 Å². The van der Waals surface area contributed by atoms with Gasteiger partial charge in [-0.1, -0.05) is 28.1 Å². The number of benzene rings is 2. The minimum absolute atomic E-state index is 0.244. The molecule has 0 atom stereocenters. The molecule has 3 nitrogen and oxygen atoms in total. The second-order valence-electron chi connectivity index (χ2n) is 5.59. The largest absolute Gasteiger partial charge is 0.324 e. The van der Waals surface area contributed by atoms with Crippen LogP contribution in [0.2, 0.25) is 0 Å². The first-order valence-electron chi connectivity index (χ1n) is 7.68. The monoisotopic (exact) mass is 371 g/mol. The van der Waals surface area contributed by atoms with Gasteiger partial charge in [0.2, 0.25) is 0 Å². The van der Waals surface area contributed by atoms with Crippen molar-refractivity contribution in [1.29, 1.82) is 0 Å². The molecule has 0 fully saturated rings. The van der Waals surface area contributed by atoms with Crippen molar-refractivity contribution in [1.82, 2.24) is 14.5 Å². The molecule has 2 heterocycles. The Morgan fingerprint density at radius 2 is 1.78 bits per heavy atom. The van der Waals surface area contributed by atoms with E-state index in [4.69, 9.17) is 9.97 Å². The fourth-order valence-corrected chi connectivity index (χ4v) is 3.39. The number of hydrogen-bond donors (Lipinski definition) is 0. The lowest BCUT2D eigenvalue weighted by atomic mass is 10.2. The molecule has 0 spiro atoms. The number of halogens is 2. The highest BCUT2D eigenvalue weighted by atomic mass is 79.9. The molecule has 116 valence electrons. The van der Waals surface area contributed by atoms with Crippen molar-refractivity contribution < 1.29 is 4.39 Å². The molecule has 0 aliphatic rings. The SMILES string of the molecule is Fc1ccc2c(c1)c1nc3ccccc3nc1n2CCCCBr. The lowest BCUT2D eigenvalue weighted by molar-refractivity contribution is 0.628. The number of hydrogen-bond acceptors (Lipinski definition) is 2. The summed E-state index contributed by atoms with van der Waals surface area (Å²) in [5, 5.41) is 1.81. The third kappa shape index (κ3) is 2.49. The second-order valence-corrected chi connectivity index (χ2v) is 6.39. The smallest absolute Gasteiger partial charge is 0.160 e. The highest BCUT2D eigenvalue weighted by molar-refractivity contribution is 9.09. The molecule has 0 N–H and O–H groups in total. The van der Waals surface area contributed by atoms with E-state index in [0.29, 0.717) is 0 Å². The van der Waals surface area contributed by atoms with Gasteiger partial charge in [0.05, 0.1) is 16.6 Å². The molecule has 0 amide bonds. The van der Waals surface area contributed by atoms with Crippen LogP contribution in [0.4, 0.5) is 4.39 Å². The molecule has 2 aromatic heterocycles. The van der Waals surface area contributed by atoms with Crippen LogP contribution in [0, 0.1) is 5.82 Å². The maximum atomic E-state index is 13.7. The Labute approximate surface area is 141 Å². The molecule has 0 bridgehead atoms. The summed E-state index contributed by atoms with van der Waals surface area (Å²) in [6.45, 7) is 0.851. The van der Waals surface area contributed by atoms with E-state index in [2.05, 4.69) is 20.5 Å². The van der Waals surface area contributed by atoms with Crippen LogP contribution < -0.4 is 0 Å². The van der Waals surface area contributed by atoms with Crippen LogP contribution in [0.5, 0.6) is 0 Å². The van der Waals surface area contributed by atoms with Crippen molar-refractivity contribution in [2.45, 2.75) is 19.4 Å². The zero-order valence-corrected chi connectivity index (χ0v) is 14.1. The molecule has 0 unspecified atom stereocenters. The van der Waals surface area contributed by atoms with Crippen molar-refractivity contribution in [3.05, 3.63) is 48.3 Å². The van der Waals surface area contributed by atoms with Crippen LogP contribution in [0.1, 0.15) is 12.8 Å². The number of aromatic nitrogens is 3. The van der Waals surface area contributed by atoms with Crippen LogP contribution >= 0.6 is 15.9 Å². The summed E-state index contributed by atoms with van der Waals surface area (Å²) in [6.07, 6.45) is 2.12. The molecule has 0 aliphatic carbocycles. The molecule has 5 heteroatoms. The van der Waals surface area contributed by atoms with Crippen molar-refractivity contribution >= 4 is 49.0 Å². The van der Waals surface area contributed by atoms with Gasteiger partial charge in [-0.3, -0.25) is 0 Å². The molecule has 0 aliphatic heterocycles. The van der Waals surface area contributed by atoms with Gasteiger partial charge in [-0.25, -0.2) is 14.4 Å². The minimum atomic E-state index is -0.244. The Balaban J connectivity index is 2.04. The Kier molecular flexibility index (Phi) is 3.73. The van der Waals surface area contributed by atoms with Gasteiger partial charge >= 0.3 is 0 Å². The van der Waals surface area contributed by atoms with E-state index >= 15 is 0 Å². The highest BCUT2D eigenvalue weighted by Crippen LogP contribution is 2.29. The normalized spacial score (nSPS) is 11.7. The summed E-state index contributed by atoms with van der Waals surface area (Å²) in [4.78, 5) is 9.53. The van der Waals surface area contributed by atoms with Crippen molar-refractivity contribution in [3.8, 4) is 0 Å². The predicted octanol–water partition coefficient (Wildman–Crippen LogP) is 5.05. The van der Waals surface area contributed by atoms with E-state index in [1.165, 1.54) is 6.07 Å². The van der Waals surface area contributed by atoms with Crippen LogP contribution in [0.25, 0.3) is 33.1 Å². The Morgan fingerprint density at radius 1 is 1.00 bits per heavy atom. The topological polar surface area (TPSA) is 30.7 Å². The van der Waals surface area contributed by atoms with Gasteiger partial charge in [0.25, 0.3) is 0 Å². The summed E-state index contributed by atoms with van der Waals surface area (Å²) >= 11 is 3.47. The summed E-state index contributed by atoms with van der Waals surface area (Å²) in [6, 6.07) is 12.7. The fourth-order valence-electron chi connectivity index (χ4n) is 3.00. The average Bonchev–Trinajstić information content (AvgIpc) is 2.86. The van der Waals surface area contributed by atoms with Gasteiger partial charge in [0.1, 0.15) is 11.3 Å². The standard InChI is InChI=1S/C18H15BrFN3/c19-9-3-4-10-23-16-8-7-12(20)11-13(16)17-18(23)22-15-6-2-1-5-14(15)21-17/h1-2,5-8,11H,3-4,9-10H2. The Morgan fingerprint density at radius 3 is 2.57 bits per heavy atom. The molecular formula is C18H15BrFN3. The number of rotatable bonds is 4. The Hall–Kier alpha value is -2.01. The average molecular weight is 372 g/mol. The van der Waals surface area contributed by atoms with E-state index in [1.54, 1.807) is 6.07 Å². The van der Waals surface area contributed by atoms with E-state index in [-0.39, 0.29) is 5.82 Å². The molecule has 23 heavy (non-hydrogen) atoms. The van der Waals surface area contributed by atoms with Gasteiger partial charge in [-0.15, -0.1) is 0 Å². The quantitative estimate of drug-likeness (QED) is 0.371. The second kappa shape index (κ2) is 5.89. The maximum Gasteiger partial charge on any atom is 0.160 e. The zero-order chi connectivity index (χ0) is 15.8. The molecule has 0 saturated carbocycles. The molecule has 2 aromatic carbocycles. The number of unbranched alkanes of at least 4 members (excludes halogenated alkanes) is 1. The lowest BCUT2D eigenvalue weighted by Gasteiger charge is -2.06. The summed E-state index contributed by atoms with van der Waals surface area (Å²) in [5.74, 6) is -0.244. The van der Waals surface area contributed by atoms with Crippen LogP contribution in [-0.2, 0) is 6.54 Å². The lowest BCUT2D eigenvalue weighted by Crippen LogP contribution is -2.00. The zero-order valence-electron chi connectivity index (χ0n) is 12.5. The highest BCUT2D eigenvalue weighted by Gasteiger charge is 2.14. The van der Waals surface area contributed by atoms with Gasteiger partial charge in [-0.2, -0.15) is 0 Å². The molecule has 0 radical (unpaired) electrons. The first kappa shape index (κ1) is 14.6.